The first-order valence-corrected chi connectivity index (χ1v) is 7.75. The van der Waals surface area contributed by atoms with Crippen LogP contribution in [-0.4, -0.2) is 37.4 Å². The highest BCUT2D eigenvalue weighted by molar-refractivity contribution is 5.42. The molecule has 0 aliphatic carbocycles. The lowest BCUT2D eigenvalue weighted by Gasteiger charge is -2.23. The van der Waals surface area contributed by atoms with Crippen LogP contribution in [0.2, 0.25) is 0 Å². The maximum Gasteiger partial charge on any atom is 0.219 e. The lowest BCUT2D eigenvalue weighted by atomic mass is 9.95. The zero-order valence-electron chi connectivity index (χ0n) is 13.9. The summed E-state index contributed by atoms with van der Waals surface area (Å²) in [6.07, 6.45) is 2.65. The third kappa shape index (κ3) is 7.74. The van der Waals surface area contributed by atoms with Gasteiger partial charge in [0.1, 0.15) is 5.75 Å². The molecule has 132 valence electrons. The first kappa shape index (κ1) is 19.8. The lowest BCUT2D eigenvalue weighted by Crippen LogP contribution is -2.42. The van der Waals surface area contributed by atoms with E-state index in [-0.39, 0.29) is 18.8 Å². The molecular weight excluding hydrogens is 300 g/mol. The molecule has 0 bridgehead atoms. The van der Waals surface area contributed by atoms with E-state index in [2.05, 4.69) is 17.6 Å². The molecule has 0 amide bonds. The summed E-state index contributed by atoms with van der Waals surface area (Å²) in [7, 11) is 0. The van der Waals surface area contributed by atoms with Gasteiger partial charge >= 0.3 is 0 Å². The van der Waals surface area contributed by atoms with Gasteiger partial charge in [-0.2, -0.15) is 0 Å². The van der Waals surface area contributed by atoms with Crippen LogP contribution in [0.3, 0.4) is 0 Å². The van der Waals surface area contributed by atoms with Gasteiger partial charge in [0, 0.05) is 26.9 Å². The summed E-state index contributed by atoms with van der Waals surface area (Å²) in [6.45, 7) is 4.83. The minimum Gasteiger partial charge on any atom is -0.508 e. The summed E-state index contributed by atoms with van der Waals surface area (Å²) in [4.78, 5) is 0. The van der Waals surface area contributed by atoms with Crippen LogP contribution >= 0.6 is 0 Å². The molecule has 0 saturated heterocycles. The Hall–Kier alpha value is -1.22. The van der Waals surface area contributed by atoms with Gasteiger partial charge in [0.15, 0.2) is 0 Å². The molecule has 0 radical (unpaired) electrons. The molecule has 1 aromatic carbocycles. The second-order valence-electron chi connectivity index (χ2n) is 6.09. The molecule has 0 fully saturated rings. The first-order valence-electron chi connectivity index (χ1n) is 7.75. The number of rotatable bonds is 9. The van der Waals surface area contributed by atoms with E-state index in [4.69, 9.17) is 0 Å². The molecule has 0 aromatic heterocycles. The van der Waals surface area contributed by atoms with Crippen molar-refractivity contribution in [3.8, 4) is 5.75 Å². The lowest BCUT2D eigenvalue weighted by molar-refractivity contribution is -0.171. The Labute approximate surface area is 136 Å². The fourth-order valence-corrected chi connectivity index (χ4v) is 2.29. The van der Waals surface area contributed by atoms with Crippen molar-refractivity contribution in [2.75, 3.05) is 0 Å². The van der Waals surface area contributed by atoms with E-state index in [9.17, 15) is 25.5 Å². The van der Waals surface area contributed by atoms with Gasteiger partial charge in [0.05, 0.1) is 0 Å². The van der Waals surface area contributed by atoms with E-state index in [1.807, 2.05) is 0 Å². The number of phenols is 1. The zero-order valence-corrected chi connectivity index (χ0v) is 13.9. The summed E-state index contributed by atoms with van der Waals surface area (Å²) in [6, 6.07) is 3.15. The minimum atomic E-state index is -2.01. The fraction of sp³-hybridized carbons (Fsp3) is 0.625. The van der Waals surface area contributed by atoms with E-state index in [1.165, 1.54) is 13.8 Å². The van der Waals surface area contributed by atoms with Gasteiger partial charge in [-0.15, -0.1) is 0 Å². The molecule has 0 unspecified atom stereocenters. The van der Waals surface area contributed by atoms with Gasteiger partial charge in [0.2, 0.25) is 11.8 Å². The van der Waals surface area contributed by atoms with Crippen LogP contribution in [0.1, 0.15) is 50.3 Å². The highest BCUT2D eigenvalue weighted by Crippen LogP contribution is 2.24. The van der Waals surface area contributed by atoms with Gasteiger partial charge in [0.25, 0.3) is 0 Å². The van der Waals surface area contributed by atoms with Gasteiger partial charge in [-0.1, -0.05) is 13.3 Å². The Morgan fingerprint density at radius 2 is 1.35 bits per heavy atom. The van der Waals surface area contributed by atoms with Crippen LogP contribution in [0.15, 0.2) is 12.1 Å². The monoisotopic (exact) mass is 328 g/mol. The number of aromatic hydroxyl groups is 1. The van der Waals surface area contributed by atoms with Crippen LogP contribution in [0.5, 0.6) is 5.75 Å². The molecule has 0 saturated carbocycles. The third-order valence-electron chi connectivity index (χ3n) is 3.43. The molecular formula is C16H28N2O5. The molecule has 0 atom stereocenters. The zero-order chi connectivity index (χ0) is 17.7. The summed E-state index contributed by atoms with van der Waals surface area (Å²) in [5.41, 5.74) is 2.42. The van der Waals surface area contributed by atoms with Crippen LogP contribution in [0, 0.1) is 0 Å². The average Bonchev–Trinajstić information content (AvgIpc) is 2.39. The van der Waals surface area contributed by atoms with Gasteiger partial charge in [-0.3, -0.25) is 10.6 Å². The molecule has 0 heterocycles. The summed E-state index contributed by atoms with van der Waals surface area (Å²) < 4.78 is 0. The number of aliphatic hydroxyl groups is 4. The van der Waals surface area contributed by atoms with Crippen LogP contribution < -0.4 is 10.6 Å². The van der Waals surface area contributed by atoms with E-state index < -0.39 is 11.8 Å². The van der Waals surface area contributed by atoms with E-state index in [0.29, 0.717) is 0 Å². The second-order valence-corrected chi connectivity index (χ2v) is 6.09. The Morgan fingerprint density at radius 3 is 1.70 bits per heavy atom. The van der Waals surface area contributed by atoms with Gasteiger partial charge < -0.3 is 25.5 Å². The number of unbranched alkanes of at least 4 members (excludes halogenated alkanes) is 1. The summed E-state index contributed by atoms with van der Waals surface area (Å²) >= 11 is 0. The Bertz CT molecular complexity index is 467. The van der Waals surface area contributed by atoms with Crippen molar-refractivity contribution in [3.05, 3.63) is 28.8 Å². The highest BCUT2D eigenvalue weighted by atomic mass is 16.5. The third-order valence-corrected chi connectivity index (χ3v) is 3.43. The number of nitrogens with one attached hydrogen (secondary N) is 2. The van der Waals surface area contributed by atoms with Crippen molar-refractivity contribution in [1.29, 1.82) is 0 Å². The second kappa shape index (κ2) is 8.05. The SMILES string of the molecule is CCCCc1c(CNC(C)(O)O)cc(O)cc1CNC(C)(O)O. The fourth-order valence-electron chi connectivity index (χ4n) is 2.29. The number of hydrogen-bond donors (Lipinski definition) is 7. The number of benzene rings is 1. The molecule has 7 N–H and O–H groups in total. The number of hydrogen-bond acceptors (Lipinski definition) is 7. The normalized spacial score (nSPS) is 12.7. The van der Waals surface area contributed by atoms with E-state index in [0.717, 1.165) is 36.0 Å². The predicted molar refractivity (Wildman–Crippen MR) is 86.1 cm³/mol. The molecule has 1 aromatic rings. The smallest absolute Gasteiger partial charge is 0.219 e. The Morgan fingerprint density at radius 1 is 0.913 bits per heavy atom. The van der Waals surface area contributed by atoms with Crippen LogP contribution in [-0.2, 0) is 19.5 Å². The minimum absolute atomic E-state index is 0.0361. The maximum absolute atomic E-state index is 9.90. The molecule has 0 spiro atoms. The van der Waals surface area contributed by atoms with Crippen LogP contribution in [0.4, 0.5) is 0 Å². The molecule has 1 rings (SSSR count). The standard InChI is InChI=1S/C16H28N2O5/c1-4-5-6-14-11(9-17-15(2,20)21)7-13(19)8-12(14)10-18-16(3,22)23/h7-8,17-23H,4-6,9-10H2,1-3H3. The van der Waals surface area contributed by atoms with Crippen molar-refractivity contribution in [2.45, 2.75) is 64.9 Å². The van der Waals surface area contributed by atoms with Crippen molar-refractivity contribution in [2.24, 2.45) is 0 Å². The van der Waals surface area contributed by atoms with E-state index in [1.54, 1.807) is 12.1 Å². The topological polar surface area (TPSA) is 125 Å². The van der Waals surface area contributed by atoms with Crippen molar-refractivity contribution in [1.82, 2.24) is 10.6 Å². The van der Waals surface area contributed by atoms with Gasteiger partial charge in [-0.25, -0.2) is 0 Å². The van der Waals surface area contributed by atoms with Crippen molar-refractivity contribution >= 4 is 0 Å². The molecule has 7 nitrogen and oxygen atoms in total. The summed E-state index contributed by atoms with van der Waals surface area (Å²) in [5.74, 6) is -3.99. The Balaban J connectivity index is 3.08. The van der Waals surface area contributed by atoms with Crippen molar-refractivity contribution in [3.63, 3.8) is 0 Å². The molecule has 7 heteroatoms. The first-order chi connectivity index (χ1) is 10.5. The average molecular weight is 328 g/mol. The number of phenolic OH excluding ortho intramolecular Hbond substituents is 1. The molecule has 23 heavy (non-hydrogen) atoms. The summed E-state index contributed by atoms with van der Waals surface area (Å²) in [5, 5.41) is 52.6. The predicted octanol–water partition coefficient (Wildman–Crippen LogP) is 0.231. The van der Waals surface area contributed by atoms with Gasteiger partial charge in [-0.05, 0) is 41.7 Å². The maximum atomic E-state index is 9.90. The molecule has 0 aliphatic heterocycles. The largest absolute Gasteiger partial charge is 0.508 e. The quantitative estimate of drug-likeness (QED) is 0.324. The Kier molecular flexibility index (Phi) is 6.94. The molecule has 0 aliphatic rings. The van der Waals surface area contributed by atoms with Crippen molar-refractivity contribution < 1.29 is 25.5 Å². The van der Waals surface area contributed by atoms with Crippen LogP contribution in [0.25, 0.3) is 0 Å². The van der Waals surface area contributed by atoms with E-state index >= 15 is 0 Å². The highest BCUT2D eigenvalue weighted by Gasteiger charge is 2.19.